The predicted octanol–water partition coefficient (Wildman–Crippen LogP) is 2.86. The Morgan fingerprint density at radius 1 is 1.16 bits per heavy atom. The zero-order valence-corrected chi connectivity index (χ0v) is 18.8. The van der Waals surface area contributed by atoms with E-state index in [9.17, 15) is 18.0 Å². The third kappa shape index (κ3) is 4.78. The largest absolute Gasteiger partial charge is 0.491 e. The smallest absolute Gasteiger partial charge is 0.244 e. The van der Waals surface area contributed by atoms with Crippen LogP contribution in [0.5, 0.6) is 5.75 Å². The Morgan fingerprint density at radius 2 is 1.91 bits per heavy atom. The van der Waals surface area contributed by atoms with Crippen molar-refractivity contribution < 1.29 is 22.7 Å². The molecule has 0 unspecified atom stereocenters. The number of anilines is 2. The molecule has 2 amide bonds. The molecule has 170 valence electrons. The van der Waals surface area contributed by atoms with Crippen LogP contribution in [0.25, 0.3) is 0 Å². The first-order chi connectivity index (χ1) is 15.3. The van der Waals surface area contributed by atoms with Gasteiger partial charge in [0.1, 0.15) is 12.3 Å². The second kappa shape index (κ2) is 9.30. The molecule has 0 saturated carbocycles. The van der Waals surface area contributed by atoms with Gasteiger partial charge in [-0.05, 0) is 55.2 Å². The molecule has 1 atom stereocenters. The standard InChI is InChI=1S/C23H27N3O5S/c1-17-5-4-13-25(15-17)32(29,30)19-10-8-18(9-11-19)24-22(27)16-26-20-6-2-3-7-21(20)31-14-12-23(26)28/h2-3,6-11,17H,4-5,12-16H2,1H3,(H,24,27)/t17-/m1/s1. The predicted molar refractivity (Wildman–Crippen MR) is 121 cm³/mol. The fraction of sp³-hybridized carbons (Fsp3) is 0.391. The average molecular weight is 458 g/mol. The lowest BCUT2D eigenvalue weighted by Gasteiger charge is -2.30. The van der Waals surface area contributed by atoms with Crippen LogP contribution in [0.2, 0.25) is 0 Å². The summed E-state index contributed by atoms with van der Waals surface area (Å²) in [6.07, 6.45) is 2.08. The summed E-state index contributed by atoms with van der Waals surface area (Å²) in [5, 5.41) is 2.74. The Hall–Kier alpha value is -2.91. The summed E-state index contributed by atoms with van der Waals surface area (Å²) < 4.78 is 32.9. The minimum Gasteiger partial charge on any atom is -0.491 e. The van der Waals surface area contributed by atoms with Gasteiger partial charge in [0.05, 0.1) is 23.6 Å². The maximum absolute atomic E-state index is 12.9. The van der Waals surface area contributed by atoms with E-state index in [4.69, 9.17) is 4.74 Å². The summed E-state index contributed by atoms with van der Waals surface area (Å²) in [5.41, 5.74) is 1.02. The third-order valence-electron chi connectivity index (χ3n) is 5.73. The van der Waals surface area contributed by atoms with Gasteiger partial charge in [0.2, 0.25) is 21.8 Å². The number of rotatable bonds is 5. The molecule has 1 N–H and O–H groups in total. The van der Waals surface area contributed by atoms with E-state index in [2.05, 4.69) is 12.2 Å². The van der Waals surface area contributed by atoms with Crippen LogP contribution in [0.3, 0.4) is 0 Å². The van der Waals surface area contributed by atoms with Crippen molar-refractivity contribution in [2.24, 2.45) is 5.92 Å². The first-order valence-electron chi connectivity index (χ1n) is 10.8. The van der Waals surface area contributed by atoms with Gasteiger partial charge in [-0.3, -0.25) is 14.5 Å². The van der Waals surface area contributed by atoms with E-state index in [1.165, 1.54) is 21.3 Å². The molecule has 4 rings (SSSR count). The Labute approximate surface area is 188 Å². The number of nitrogens with one attached hydrogen (secondary N) is 1. The highest BCUT2D eigenvalue weighted by molar-refractivity contribution is 7.89. The van der Waals surface area contributed by atoms with Crippen molar-refractivity contribution in [2.45, 2.75) is 31.1 Å². The van der Waals surface area contributed by atoms with Gasteiger partial charge in [-0.1, -0.05) is 19.1 Å². The number of para-hydroxylation sites is 2. The van der Waals surface area contributed by atoms with E-state index in [0.29, 0.717) is 36.1 Å². The van der Waals surface area contributed by atoms with Crippen LogP contribution in [-0.2, 0) is 19.6 Å². The van der Waals surface area contributed by atoms with Gasteiger partial charge in [-0.15, -0.1) is 0 Å². The number of sulfonamides is 1. The van der Waals surface area contributed by atoms with E-state index < -0.39 is 10.0 Å². The molecule has 2 aliphatic rings. The van der Waals surface area contributed by atoms with Crippen molar-refractivity contribution in [3.63, 3.8) is 0 Å². The van der Waals surface area contributed by atoms with Crippen LogP contribution >= 0.6 is 0 Å². The van der Waals surface area contributed by atoms with Crippen molar-refractivity contribution in [2.75, 3.05) is 36.5 Å². The van der Waals surface area contributed by atoms with E-state index in [1.54, 1.807) is 30.3 Å². The number of nitrogens with zero attached hydrogens (tertiary/aromatic N) is 2. The number of carbonyl (C=O) groups excluding carboxylic acids is 2. The molecule has 2 aromatic carbocycles. The summed E-state index contributed by atoms with van der Waals surface area (Å²) in [6.45, 7) is 3.21. The summed E-state index contributed by atoms with van der Waals surface area (Å²) in [4.78, 5) is 26.7. The number of benzene rings is 2. The van der Waals surface area contributed by atoms with Crippen molar-refractivity contribution >= 4 is 33.2 Å². The van der Waals surface area contributed by atoms with Gasteiger partial charge in [0.15, 0.2) is 0 Å². The topological polar surface area (TPSA) is 96.0 Å². The van der Waals surface area contributed by atoms with Crippen molar-refractivity contribution in [3.05, 3.63) is 48.5 Å². The van der Waals surface area contributed by atoms with Crippen LogP contribution in [0.15, 0.2) is 53.4 Å². The number of hydrogen-bond donors (Lipinski definition) is 1. The van der Waals surface area contributed by atoms with Crippen molar-refractivity contribution in [1.29, 1.82) is 0 Å². The van der Waals surface area contributed by atoms with Crippen LogP contribution in [0.4, 0.5) is 11.4 Å². The van der Waals surface area contributed by atoms with Crippen molar-refractivity contribution in [3.8, 4) is 5.75 Å². The molecule has 8 nitrogen and oxygen atoms in total. The van der Waals surface area contributed by atoms with Crippen LogP contribution in [-0.4, -0.2) is 50.8 Å². The SMILES string of the molecule is C[C@@H]1CCCN(S(=O)(=O)c2ccc(NC(=O)CN3C(=O)CCOc4ccccc43)cc2)C1. The summed E-state index contributed by atoms with van der Waals surface area (Å²) in [5.74, 6) is 0.333. The Balaban J connectivity index is 1.44. The quantitative estimate of drug-likeness (QED) is 0.745. The minimum absolute atomic E-state index is 0.162. The lowest BCUT2D eigenvalue weighted by Crippen LogP contribution is -2.39. The van der Waals surface area contributed by atoms with Crippen molar-refractivity contribution in [1.82, 2.24) is 4.31 Å². The fourth-order valence-corrected chi connectivity index (χ4v) is 5.66. The molecule has 0 radical (unpaired) electrons. The molecule has 1 fully saturated rings. The molecule has 32 heavy (non-hydrogen) atoms. The average Bonchev–Trinajstić information content (AvgIpc) is 2.93. The maximum Gasteiger partial charge on any atom is 0.244 e. The first-order valence-corrected chi connectivity index (χ1v) is 12.2. The number of ether oxygens (including phenoxy) is 1. The van der Waals surface area contributed by atoms with Gasteiger partial charge < -0.3 is 10.1 Å². The molecule has 2 heterocycles. The second-order valence-corrected chi connectivity index (χ2v) is 10.2. The second-order valence-electron chi connectivity index (χ2n) is 8.23. The lowest BCUT2D eigenvalue weighted by atomic mass is 10.0. The number of piperidine rings is 1. The van der Waals surface area contributed by atoms with Gasteiger partial charge in [-0.2, -0.15) is 4.31 Å². The normalized spacial score (nSPS) is 19.6. The lowest BCUT2D eigenvalue weighted by molar-refractivity contribution is -0.121. The van der Waals surface area contributed by atoms with Gasteiger partial charge >= 0.3 is 0 Å². The van der Waals surface area contributed by atoms with Gasteiger partial charge in [0.25, 0.3) is 0 Å². The zero-order chi connectivity index (χ0) is 22.7. The number of fused-ring (bicyclic) bond motifs is 1. The number of hydrogen-bond acceptors (Lipinski definition) is 5. The van der Waals surface area contributed by atoms with Gasteiger partial charge in [0, 0.05) is 18.8 Å². The number of amides is 2. The monoisotopic (exact) mass is 457 g/mol. The maximum atomic E-state index is 12.9. The minimum atomic E-state index is -3.55. The van der Waals surface area contributed by atoms with Crippen LogP contribution in [0, 0.1) is 5.92 Å². The Morgan fingerprint density at radius 3 is 2.66 bits per heavy atom. The third-order valence-corrected chi connectivity index (χ3v) is 7.61. The van der Waals surface area contributed by atoms with E-state index in [1.807, 2.05) is 6.07 Å². The molecule has 2 aliphatic heterocycles. The Bertz CT molecular complexity index is 1100. The Kier molecular flexibility index (Phi) is 6.48. The zero-order valence-electron chi connectivity index (χ0n) is 18.0. The van der Waals surface area contributed by atoms with Gasteiger partial charge in [-0.25, -0.2) is 8.42 Å². The molecular formula is C23H27N3O5S. The molecule has 9 heteroatoms. The van der Waals surface area contributed by atoms with E-state index in [0.717, 1.165) is 12.8 Å². The first kappa shape index (κ1) is 22.3. The molecule has 2 aromatic rings. The van der Waals surface area contributed by atoms with E-state index >= 15 is 0 Å². The highest BCUT2D eigenvalue weighted by Gasteiger charge is 2.29. The van der Waals surface area contributed by atoms with Crippen LogP contribution < -0.4 is 15.0 Å². The highest BCUT2D eigenvalue weighted by atomic mass is 32.2. The molecule has 1 saturated heterocycles. The number of carbonyl (C=O) groups is 2. The molecule has 0 spiro atoms. The highest BCUT2D eigenvalue weighted by Crippen LogP contribution is 2.31. The molecule has 0 bridgehead atoms. The van der Waals surface area contributed by atoms with E-state index in [-0.39, 0.29) is 36.3 Å². The summed E-state index contributed by atoms with van der Waals surface area (Å²) in [7, 11) is -3.55. The summed E-state index contributed by atoms with van der Waals surface area (Å²) in [6, 6.07) is 13.3. The fourth-order valence-electron chi connectivity index (χ4n) is 4.06. The molecule has 0 aliphatic carbocycles. The summed E-state index contributed by atoms with van der Waals surface area (Å²) >= 11 is 0. The molecular weight excluding hydrogens is 430 g/mol. The van der Waals surface area contributed by atoms with Crippen LogP contribution in [0.1, 0.15) is 26.2 Å². The molecule has 0 aromatic heterocycles.